The fourth-order valence-corrected chi connectivity index (χ4v) is 3.98. The summed E-state index contributed by atoms with van der Waals surface area (Å²) < 4.78 is 5.87. The first-order chi connectivity index (χ1) is 18.4. The van der Waals surface area contributed by atoms with Crippen LogP contribution in [0.3, 0.4) is 0 Å². The summed E-state index contributed by atoms with van der Waals surface area (Å²) in [6.45, 7) is 6.04. The first-order valence-corrected chi connectivity index (χ1v) is 12.9. The number of hydrogen-bond acceptors (Lipinski definition) is 7. The van der Waals surface area contributed by atoms with Gasteiger partial charge in [-0.05, 0) is 62.8 Å². The lowest BCUT2D eigenvalue weighted by molar-refractivity contribution is -0.132. The van der Waals surface area contributed by atoms with Crippen molar-refractivity contribution in [1.29, 1.82) is 0 Å². The molecule has 11 nitrogen and oxygen atoms in total. The number of carbonyl (C=O) groups is 4. The largest absolute Gasteiger partial charge is 0.507 e. The van der Waals surface area contributed by atoms with Crippen molar-refractivity contribution >= 4 is 23.6 Å². The number of rotatable bonds is 5. The number of likely N-dealkylation sites (N-methyl/N-ethyl adjacent to an activating group) is 1. The topological polar surface area (TPSA) is 149 Å². The normalized spacial score (nSPS) is 20.4. The lowest BCUT2D eigenvalue weighted by Crippen LogP contribution is -2.57. The summed E-state index contributed by atoms with van der Waals surface area (Å²) in [6, 6.07) is 8.37. The number of amides is 4. The van der Waals surface area contributed by atoms with Crippen LogP contribution in [0.1, 0.15) is 36.7 Å². The van der Waals surface area contributed by atoms with Gasteiger partial charge < -0.3 is 36.0 Å². The first kappa shape index (κ1) is 29.4. The van der Waals surface area contributed by atoms with Crippen LogP contribution in [0.5, 0.6) is 17.2 Å². The van der Waals surface area contributed by atoms with Gasteiger partial charge in [0.1, 0.15) is 35.4 Å². The van der Waals surface area contributed by atoms with Crippen molar-refractivity contribution < 1.29 is 29.0 Å². The highest BCUT2D eigenvalue weighted by molar-refractivity contribution is 6.00. The fraction of sp³-hybridized carbons (Fsp3) is 0.429. The second-order valence-corrected chi connectivity index (χ2v) is 10.2. The Hall–Kier alpha value is -4.12. The van der Waals surface area contributed by atoms with Gasteiger partial charge in [-0.3, -0.25) is 19.2 Å². The quantitative estimate of drug-likeness (QED) is 0.358. The molecule has 2 heterocycles. The highest BCUT2D eigenvalue weighted by Crippen LogP contribution is 2.28. The third-order valence-corrected chi connectivity index (χ3v) is 6.29. The van der Waals surface area contributed by atoms with Gasteiger partial charge in [0.15, 0.2) is 0 Å². The van der Waals surface area contributed by atoms with E-state index in [1.807, 2.05) is 19.0 Å². The average Bonchev–Trinajstić information content (AvgIpc) is 2.87. The van der Waals surface area contributed by atoms with E-state index in [-0.39, 0.29) is 29.6 Å². The molecule has 0 aliphatic carbocycles. The molecule has 2 aromatic rings. The molecule has 4 amide bonds. The standard InChI is InChI=1S/C28H37N5O6/c1-16(2)24-28(38)30-17(3)25(35)31-22(27(37)29-12-13-33(4)5)14-18-6-8-19(9-7-18)39-20-10-11-23(34)21(15-20)26(36)32-24/h6-11,15-17,22,24,34H,12-14H2,1-5H3,(H,29,37)(H,30,38)(H,31,35)(H,32,36)/t17-,22-,24-/m0/s1. The summed E-state index contributed by atoms with van der Waals surface area (Å²) in [7, 11) is 3.79. The second kappa shape index (κ2) is 13.1. The van der Waals surface area contributed by atoms with Gasteiger partial charge in [0.2, 0.25) is 17.7 Å². The predicted molar refractivity (Wildman–Crippen MR) is 146 cm³/mol. The predicted octanol–water partition coefficient (Wildman–Crippen LogP) is 1.16. The highest BCUT2D eigenvalue weighted by Gasteiger charge is 2.30. The van der Waals surface area contributed by atoms with Crippen molar-refractivity contribution in [2.45, 2.75) is 45.3 Å². The van der Waals surface area contributed by atoms with Crippen LogP contribution >= 0.6 is 0 Å². The van der Waals surface area contributed by atoms with E-state index >= 15 is 0 Å². The molecule has 2 aliphatic heterocycles. The summed E-state index contributed by atoms with van der Waals surface area (Å²) in [5.74, 6) is -1.94. The minimum absolute atomic E-state index is 0.0578. The summed E-state index contributed by atoms with van der Waals surface area (Å²) >= 11 is 0. The molecule has 210 valence electrons. The van der Waals surface area contributed by atoms with Crippen LogP contribution < -0.4 is 26.0 Å². The SMILES string of the molecule is CC(C)[C@@H]1NC(=O)c2cc(ccc2O)Oc2ccc(cc2)C[C@@H](C(=O)NCCN(C)C)NC(=O)[C@H](C)NC1=O. The molecule has 0 saturated heterocycles. The van der Waals surface area contributed by atoms with Crippen molar-refractivity contribution in [3.05, 3.63) is 53.6 Å². The molecule has 5 N–H and O–H groups in total. The average molecular weight is 540 g/mol. The third-order valence-electron chi connectivity index (χ3n) is 6.29. The van der Waals surface area contributed by atoms with Gasteiger partial charge >= 0.3 is 0 Å². The summed E-state index contributed by atoms with van der Waals surface area (Å²) in [6.07, 6.45) is 0.217. The molecule has 39 heavy (non-hydrogen) atoms. The Labute approximate surface area is 228 Å². The summed E-state index contributed by atoms with van der Waals surface area (Å²) in [5.41, 5.74) is 0.719. The van der Waals surface area contributed by atoms with Crippen molar-refractivity contribution in [3.63, 3.8) is 0 Å². The van der Waals surface area contributed by atoms with E-state index in [9.17, 15) is 24.3 Å². The van der Waals surface area contributed by atoms with Gasteiger partial charge in [-0.1, -0.05) is 26.0 Å². The second-order valence-electron chi connectivity index (χ2n) is 10.2. The number of fused-ring (bicyclic) bond motifs is 11. The number of benzene rings is 2. The van der Waals surface area contributed by atoms with E-state index in [0.717, 1.165) is 5.56 Å². The molecule has 0 fully saturated rings. The van der Waals surface area contributed by atoms with Gasteiger partial charge in [-0.2, -0.15) is 0 Å². The van der Waals surface area contributed by atoms with Crippen LogP contribution in [0.25, 0.3) is 0 Å². The van der Waals surface area contributed by atoms with E-state index in [1.165, 1.54) is 25.1 Å². The van der Waals surface area contributed by atoms with E-state index in [0.29, 0.717) is 24.6 Å². The maximum absolute atomic E-state index is 13.1. The number of aromatic hydroxyl groups is 1. The summed E-state index contributed by atoms with van der Waals surface area (Å²) in [5, 5.41) is 21.2. The van der Waals surface area contributed by atoms with Crippen molar-refractivity contribution in [3.8, 4) is 17.2 Å². The Bertz CT molecular complexity index is 1200. The van der Waals surface area contributed by atoms with Crippen molar-refractivity contribution in [2.24, 2.45) is 5.92 Å². The third kappa shape index (κ3) is 8.18. The molecule has 0 saturated carbocycles. The zero-order chi connectivity index (χ0) is 28.7. The minimum atomic E-state index is -0.993. The zero-order valence-corrected chi connectivity index (χ0v) is 22.9. The van der Waals surface area contributed by atoms with Gasteiger partial charge in [0, 0.05) is 19.5 Å². The first-order valence-electron chi connectivity index (χ1n) is 12.9. The minimum Gasteiger partial charge on any atom is -0.507 e. The molecule has 0 unspecified atom stereocenters. The summed E-state index contributed by atoms with van der Waals surface area (Å²) in [4.78, 5) is 54.1. The molecule has 2 aliphatic rings. The molecule has 0 radical (unpaired) electrons. The van der Waals surface area contributed by atoms with Crippen LogP contribution in [0.4, 0.5) is 0 Å². The molecular weight excluding hydrogens is 502 g/mol. The van der Waals surface area contributed by atoms with Crippen LogP contribution in [-0.2, 0) is 20.8 Å². The molecule has 3 atom stereocenters. The van der Waals surface area contributed by atoms with Crippen LogP contribution in [0.15, 0.2) is 42.5 Å². The molecule has 4 rings (SSSR count). The Morgan fingerprint density at radius 1 is 1.03 bits per heavy atom. The number of hydrogen-bond donors (Lipinski definition) is 5. The molecule has 0 spiro atoms. The van der Waals surface area contributed by atoms with Crippen LogP contribution in [-0.4, -0.2) is 78.9 Å². The maximum Gasteiger partial charge on any atom is 0.255 e. The van der Waals surface area contributed by atoms with Crippen LogP contribution in [0.2, 0.25) is 0 Å². The Morgan fingerprint density at radius 3 is 2.33 bits per heavy atom. The molecule has 0 aromatic heterocycles. The molecule has 2 aromatic carbocycles. The Balaban J connectivity index is 1.95. The zero-order valence-electron chi connectivity index (χ0n) is 22.9. The fourth-order valence-electron chi connectivity index (χ4n) is 3.98. The number of nitrogens with one attached hydrogen (secondary N) is 4. The Morgan fingerprint density at radius 2 is 1.69 bits per heavy atom. The molecule has 11 heteroatoms. The smallest absolute Gasteiger partial charge is 0.255 e. The van der Waals surface area contributed by atoms with Gasteiger partial charge in [-0.15, -0.1) is 0 Å². The number of phenols is 1. The van der Waals surface area contributed by atoms with E-state index in [2.05, 4.69) is 21.3 Å². The van der Waals surface area contributed by atoms with E-state index < -0.39 is 35.8 Å². The monoisotopic (exact) mass is 539 g/mol. The van der Waals surface area contributed by atoms with Gasteiger partial charge in [0.25, 0.3) is 5.91 Å². The number of phenolic OH excluding ortho intramolecular Hbond substituents is 1. The molecule has 4 bridgehead atoms. The number of ether oxygens (including phenoxy) is 1. The van der Waals surface area contributed by atoms with Gasteiger partial charge in [0.05, 0.1) is 5.56 Å². The maximum atomic E-state index is 13.1. The Kier molecular flexibility index (Phi) is 9.89. The molecular formula is C28H37N5O6. The van der Waals surface area contributed by atoms with Crippen molar-refractivity contribution in [2.75, 3.05) is 27.2 Å². The lowest BCUT2D eigenvalue weighted by Gasteiger charge is -2.25. The van der Waals surface area contributed by atoms with Crippen LogP contribution in [0, 0.1) is 5.92 Å². The number of nitrogens with zero attached hydrogens (tertiary/aromatic N) is 1. The van der Waals surface area contributed by atoms with E-state index in [1.54, 1.807) is 38.1 Å². The lowest BCUT2D eigenvalue weighted by atomic mass is 10.0. The van der Waals surface area contributed by atoms with E-state index in [4.69, 9.17) is 4.74 Å². The highest BCUT2D eigenvalue weighted by atomic mass is 16.5. The number of carbonyl (C=O) groups excluding carboxylic acids is 4. The van der Waals surface area contributed by atoms with Gasteiger partial charge in [-0.25, -0.2) is 0 Å². The van der Waals surface area contributed by atoms with Crippen molar-refractivity contribution in [1.82, 2.24) is 26.2 Å².